The lowest BCUT2D eigenvalue weighted by Crippen LogP contribution is -2.29. The van der Waals surface area contributed by atoms with Gasteiger partial charge in [0.05, 0.1) is 4.47 Å². The Morgan fingerprint density at radius 1 is 1.47 bits per heavy atom. The van der Waals surface area contributed by atoms with Gasteiger partial charge in [0.1, 0.15) is 5.82 Å². The average Bonchev–Trinajstić information content (AvgIpc) is 2.75. The first kappa shape index (κ1) is 14.9. The highest BCUT2D eigenvalue weighted by Gasteiger charge is 2.32. The fourth-order valence-electron chi connectivity index (χ4n) is 2.93. The Labute approximate surface area is 123 Å². The van der Waals surface area contributed by atoms with Gasteiger partial charge in [0.15, 0.2) is 0 Å². The molecule has 1 heterocycles. The van der Waals surface area contributed by atoms with E-state index in [1.165, 1.54) is 6.42 Å². The van der Waals surface area contributed by atoms with E-state index in [-0.39, 0.29) is 5.82 Å². The van der Waals surface area contributed by atoms with Crippen molar-refractivity contribution in [1.29, 1.82) is 0 Å². The zero-order chi connectivity index (χ0) is 13.8. The van der Waals surface area contributed by atoms with Crippen molar-refractivity contribution in [3.05, 3.63) is 34.1 Å². The van der Waals surface area contributed by atoms with E-state index in [1.54, 1.807) is 6.07 Å². The van der Waals surface area contributed by atoms with Gasteiger partial charge in [0, 0.05) is 6.04 Å². The highest BCUT2D eigenvalue weighted by Crippen LogP contribution is 2.36. The molecule has 4 heteroatoms. The van der Waals surface area contributed by atoms with Crippen LogP contribution in [0, 0.1) is 11.7 Å². The SMILES string of the molecule is CCCNCC1CCN(C)C1c1ccc(Br)c(F)c1. The zero-order valence-corrected chi connectivity index (χ0v) is 13.2. The molecule has 0 radical (unpaired) electrons. The first-order valence-electron chi connectivity index (χ1n) is 6.99. The molecule has 1 fully saturated rings. The zero-order valence-electron chi connectivity index (χ0n) is 11.6. The van der Waals surface area contributed by atoms with Crippen LogP contribution < -0.4 is 5.32 Å². The molecule has 1 aromatic carbocycles. The van der Waals surface area contributed by atoms with Gasteiger partial charge < -0.3 is 5.32 Å². The highest BCUT2D eigenvalue weighted by atomic mass is 79.9. The number of nitrogens with zero attached hydrogens (tertiary/aromatic N) is 1. The molecule has 1 aliphatic rings. The summed E-state index contributed by atoms with van der Waals surface area (Å²) in [6, 6.07) is 5.84. The smallest absolute Gasteiger partial charge is 0.137 e. The van der Waals surface area contributed by atoms with Crippen molar-refractivity contribution in [2.24, 2.45) is 5.92 Å². The summed E-state index contributed by atoms with van der Waals surface area (Å²) < 4.78 is 14.3. The molecule has 0 amide bonds. The first-order chi connectivity index (χ1) is 9.13. The lowest BCUT2D eigenvalue weighted by Gasteiger charge is -2.26. The van der Waals surface area contributed by atoms with E-state index in [0.717, 1.165) is 31.6 Å². The molecule has 106 valence electrons. The van der Waals surface area contributed by atoms with Crippen LogP contribution in [0.4, 0.5) is 4.39 Å². The molecule has 0 aromatic heterocycles. The molecule has 2 nitrogen and oxygen atoms in total. The summed E-state index contributed by atoms with van der Waals surface area (Å²) >= 11 is 3.22. The summed E-state index contributed by atoms with van der Waals surface area (Å²) in [5.74, 6) is 0.398. The summed E-state index contributed by atoms with van der Waals surface area (Å²) in [6.07, 6.45) is 2.33. The summed E-state index contributed by atoms with van der Waals surface area (Å²) in [4.78, 5) is 2.33. The number of likely N-dealkylation sites (tertiary alicyclic amines) is 1. The van der Waals surface area contributed by atoms with Crippen LogP contribution in [0.5, 0.6) is 0 Å². The van der Waals surface area contributed by atoms with E-state index >= 15 is 0 Å². The van der Waals surface area contributed by atoms with Crippen LogP contribution >= 0.6 is 15.9 Å². The second-order valence-electron chi connectivity index (χ2n) is 5.35. The monoisotopic (exact) mass is 328 g/mol. The maximum atomic E-state index is 13.7. The highest BCUT2D eigenvalue weighted by molar-refractivity contribution is 9.10. The molecule has 2 rings (SSSR count). The van der Waals surface area contributed by atoms with E-state index in [4.69, 9.17) is 0 Å². The third-order valence-electron chi connectivity index (χ3n) is 3.89. The molecule has 1 aromatic rings. The molecular weight excluding hydrogens is 307 g/mol. The van der Waals surface area contributed by atoms with Crippen molar-refractivity contribution in [3.8, 4) is 0 Å². The van der Waals surface area contributed by atoms with Crippen LogP contribution in [0.2, 0.25) is 0 Å². The van der Waals surface area contributed by atoms with E-state index in [2.05, 4.69) is 40.1 Å². The molecule has 0 aliphatic carbocycles. The average molecular weight is 329 g/mol. The number of rotatable bonds is 5. The predicted molar refractivity (Wildman–Crippen MR) is 80.7 cm³/mol. The Bertz CT molecular complexity index is 425. The molecule has 1 N–H and O–H groups in total. The molecular formula is C15H22BrFN2. The van der Waals surface area contributed by atoms with Gasteiger partial charge in [-0.3, -0.25) is 4.90 Å². The van der Waals surface area contributed by atoms with Gasteiger partial charge in [-0.05, 0) is 79.1 Å². The Balaban J connectivity index is 2.11. The van der Waals surface area contributed by atoms with E-state index in [9.17, 15) is 4.39 Å². The number of hydrogen-bond donors (Lipinski definition) is 1. The van der Waals surface area contributed by atoms with E-state index in [0.29, 0.717) is 16.4 Å². The van der Waals surface area contributed by atoms with Gasteiger partial charge in [-0.25, -0.2) is 4.39 Å². The van der Waals surface area contributed by atoms with Crippen molar-refractivity contribution < 1.29 is 4.39 Å². The van der Waals surface area contributed by atoms with Crippen LogP contribution in [0.3, 0.4) is 0 Å². The fourth-order valence-corrected chi connectivity index (χ4v) is 3.17. The lowest BCUT2D eigenvalue weighted by atomic mass is 9.93. The van der Waals surface area contributed by atoms with Crippen LogP contribution in [-0.4, -0.2) is 31.6 Å². The Kier molecular flexibility index (Phi) is 5.37. The lowest BCUT2D eigenvalue weighted by molar-refractivity contribution is 0.271. The van der Waals surface area contributed by atoms with Crippen LogP contribution in [0.25, 0.3) is 0 Å². The van der Waals surface area contributed by atoms with Crippen molar-refractivity contribution in [2.75, 3.05) is 26.7 Å². The minimum atomic E-state index is -0.168. The van der Waals surface area contributed by atoms with Gasteiger partial charge in [-0.2, -0.15) is 0 Å². The molecule has 0 bridgehead atoms. The van der Waals surface area contributed by atoms with Gasteiger partial charge in [-0.15, -0.1) is 0 Å². The van der Waals surface area contributed by atoms with Crippen LogP contribution in [0.1, 0.15) is 31.4 Å². The summed E-state index contributed by atoms with van der Waals surface area (Å²) in [7, 11) is 2.13. The third-order valence-corrected chi connectivity index (χ3v) is 4.54. The Morgan fingerprint density at radius 2 is 2.26 bits per heavy atom. The van der Waals surface area contributed by atoms with Gasteiger partial charge in [-0.1, -0.05) is 13.0 Å². The van der Waals surface area contributed by atoms with Gasteiger partial charge >= 0.3 is 0 Å². The molecule has 2 unspecified atom stereocenters. The number of hydrogen-bond acceptors (Lipinski definition) is 2. The number of halogens is 2. The van der Waals surface area contributed by atoms with Crippen molar-refractivity contribution in [3.63, 3.8) is 0 Å². The van der Waals surface area contributed by atoms with Crippen LogP contribution in [0.15, 0.2) is 22.7 Å². The van der Waals surface area contributed by atoms with Crippen molar-refractivity contribution in [1.82, 2.24) is 10.2 Å². The maximum Gasteiger partial charge on any atom is 0.137 e. The van der Waals surface area contributed by atoms with E-state index < -0.39 is 0 Å². The molecule has 1 saturated heterocycles. The largest absolute Gasteiger partial charge is 0.316 e. The number of nitrogens with one attached hydrogen (secondary N) is 1. The second kappa shape index (κ2) is 6.82. The summed E-state index contributed by atoms with van der Waals surface area (Å²) in [6.45, 7) is 5.33. The third kappa shape index (κ3) is 3.56. The van der Waals surface area contributed by atoms with Crippen molar-refractivity contribution in [2.45, 2.75) is 25.8 Å². The van der Waals surface area contributed by atoms with Gasteiger partial charge in [0.2, 0.25) is 0 Å². The summed E-state index contributed by atoms with van der Waals surface area (Å²) in [5.41, 5.74) is 1.09. The minimum absolute atomic E-state index is 0.168. The Hall–Kier alpha value is -0.450. The van der Waals surface area contributed by atoms with Crippen molar-refractivity contribution >= 4 is 15.9 Å². The molecule has 1 aliphatic heterocycles. The molecule has 0 spiro atoms. The quantitative estimate of drug-likeness (QED) is 0.831. The fraction of sp³-hybridized carbons (Fsp3) is 0.600. The topological polar surface area (TPSA) is 15.3 Å². The van der Waals surface area contributed by atoms with E-state index in [1.807, 2.05) is 12.1 Å². The summed E-state index contributed by atoms with van der Waals surface area (Å²) in [5, 5.41) is 3.49. The number of benzene rings is 1. The molecule has 19 heavy (non-hydrogen) atoms. The predicted octanol–water partition coefficient (Wildman–Crippen LogP) is 3.58. The normalized spacial score (nSPS) is 24.0. The minimum Gasteiger partial charge on any atom is -0.316 e. The standard InChI is InChI=1S/C15H22BrFN2/c1-3-7-18-10-12-6-8-19(2)15(12)11-4-5-13(16)14(17)9-11/h4-5,9,12,15,18H,3,6-8,10H2,1-2H3. The molecule has 2 atom stereocenters. The maximum absolute atomic E-state index is 13.7. The molecule has 0 saturated carbocycles. The first-order valence-corrected chi connectivity index (χ1v) is 7.78. The van der Waals surface area contributed by atoms with Gasteiger partial charge in [0.25, 0.3) is 0 Å². The van der Waals surface area contributed by atoms with Crippen LogP contribution in [-0.2, 0) is 0 Å². The second-order valence-corrected chi connectivity index (χ2v) is 6.21. The Morgan fingerprint density at radius 3 is 2.95 bits per heavy atom.